The number of carbonyl (C=O) groups is 1. The molecule has 0 saturated carbocycles. The van der Waals surface area contributed by atoms with E-state index in [0.717, 1.165) is 40.8 Å². The summed E-state index contributed by atoms with van der Waals surface area (Å²) in [4.78, 5) is 22.4. The second kappa shape index (κ2) is 8.92. The minimum atomic E-state index is -0.339. The summed E-state index contributed by atoms with van der Waals surface area (Å²) in [5, 5.41) is 5.51. The molecule has 5 rings (SSSR count). The Labute approximate surface area is 196 Å². The SMILES string of the molecule is Cn1cc(-c2cc(C(=O)N3CCN(Cc4ccc(F)cc4Cl)CC3)c3ccccc3n2)cn1. The van der Waals surface area contributed by atoms with Crippen LogP contribution in [0.3, 0.4) is 0 Å². The normalized spacial score (nSPS) is 14.7. The van der Waals surface area contributed by atoms with Gasteiger partial charge in [0.1, 0.15) is 5.82 Å². The van der Waals surface area contributed by atoms with Crippen LogP contribution in [0, 0.1) is 5.82 Å². The predicted molar refractivity (Wildman–Crippen MR) is 127 cm³/mol. The van der Waals surface area contributed by atoms with E-state index >= 15 is 0 Å². The monoisotopic (exact) mass is 463 g/mol. The first kappa shape index (κ1) is 21.6. The van der Waals surface area contributed by atoms with Gasteiger partial charge in [-0.2, -0.15) is 5.10 Å². The maximum atomic E-state index is 13.6. The number of aryl methyl sites for hydroxylation is 1. The molecule has 6 nitrogen and oxygen atoms in total. The smallest absolute Gasteiger partial charge is 0.254 e. The van der Waals surface area contributed by atoms with Crippen molar-refractivity contribution >= 4 is 28.4 Å². The maximum absolute atomic E-state index is 13.6. The van der Waals surface area contributed by atoms with Gasteiger partial charge in [0.25, 0.3) is 5.91 Å². The molecule has 0 radical (unpaired) electrons. The maximum Gasteiger partial charge on any atom is 0.254 e. The van der Waals surface area contributed by atoms with E-state index in [1.807, 2.05) is 48.5 Å². The zero-order valence-corrected chi connectivity index (χ0v) is 19.0. The summed E-state index contributed by atoms with van der Waals surface area (Å²) in [6.45, 7) is 3.29. The van der Waals surface area contributed by atoms with Gasteiger partial charge in [-0.1, -0.05) is 35.9 Å². The summed E-state index contributed by atoms with van der Waals surface area (Å²) in [6, 6.07) is 14.1. The molecule has 0 spiro atoms. The molecule has 2 aromatic carbocycles. The molecule has 1 aliphatic rings. The molecule has 4 aromatic rings. The molecule has 1 amide bonds. The van der Waals surface area contributed by atoms with Gasteiger partial charge in [-0.25, -0.2) is 9.37 Å². The van der Waals surface area contributed by atoms with Crippen molar-refractivity contribution in [1.29, 1.82) is 0 Å². The molecule has 0 N–H and O–H groups in total. The molecule has 0 atom stereocenters. The minimum Gasteiger partial charge on any atom is -0.336 e. The van der Waals surface area contributed by atoms with E-state index in [9.17, 15) is 9.18 Å². The Kier molecular flexibility index (Phi) is 5.83. The number of benzene rings is 2. The topological polar surface area (TPSA) is 54.3 Å². The van der Waals surface area contributed by atoms with Crippen molar-refractivity contribution in [2.75, 3.05) is 26.2 Å². The molecule has 168 valence electrons. The summed E-state index contributed by atoms with van der Waals surface area (Å²) >= 11 is 6.19. The highest BCUT2D eigenvalue weighted by molar-refractivity contribution is 6.31. The predicted octanol–water partition coefficient (Wildman–Crippen LogP) is 4.39. The summed E-state index contributed by atoms with van der Waals surface area (Å²) < 4.78 is 15.0. The largest absolute Gasteiger partial charge is 0.336 e. The Morgan fingerprint density at radius 2 is 1.88 bits per heavy atom. The number of rotatable bonds is 4. The molecule has 8 heteroatoms. The van der Waals surface area contributed by atoms with Crippen LogP contribution < -0.4 is 0 Å². The Morgan fingerprint density at radius 3 is 2.61 bits per heavy atom. The van der Waals surface area contributed by atoms with Gasteiger partial charge in [0, 0.05) is 61.9 Å². The van der Waals surface area contributed by atoms with Crippen molar-refractivity contribution in [1.82, 2.24) is 24.6 Å². The van der Waals surface area contributed by atoms with Crippen LogP contribution in [0.2, 0.25) is 5.02 Å². The van der Waals surface area contributed by atoms with E-state index in [1.54, 1.807) is 16.9 Å². The first-order valence-corrected chi connectivity index (χ1v) is 11.2. The number of aromatic nitrogens is 3. The summed E-state index contributed by atoms with van der Waals surface area (Å²) in [5.41, 5.74) is 3.92. The molecule has 0 aliphatic carbocycles. The molecule has 33 heavy (non-hydrogen) atoms. The number of halogens is 2. The zero-order chi connectivity index (χ0) is 22.9. The lowest BCUT2D eigenvalue weighted by Crippen LogP contribution is -2.48. The summed E-state index contributed by atoms with van der Waals surface area (Å²) in [6.07, 6.45) is 3.65. The Morgan fingerprint density at radius 1 is 1.09 bits per heavy atom. The van der Waals surface area contributed by atoms with Crippen LogP contribution in [-0.2, 0) is 13.6 Å². The van der Waals surface area contributed by atoms with Crippen LogP contribution in [0.1, 0.15) is 15.9 Å². The first-order chi connectivity index (χ1) is 16.0. The van der Waals surface area contributed by atoms with Crippen LogP contribution in [0.5, 0.6) is 0 Å². The Balaban J connectivity index is 1.36. The summed E-state index contributed by atoms with van der Waals surface area (Å²) in [7, 11) is 1.86. The number of pyridine rings is 1. The van der Waals surface area contributed by atoms with Crippen molar-refractivity contribution in [2.45, 2.75) is 6.54 Å². The summed E-state index contributed by atoms with van der Waals surface area (Å²) in [5.74, 6) is -0.340. The number of amides is 1. The third-order valence-electron chi connectivity index (χ3n) is 6.02. The van der Waals surface area contributed by atoms with E-state index in [1.165, 1.54) is 12.1 Å². The van der Waals surface area contributed by atoms with Crippen LogP contribution in [0.25, 0.3) is 22.2 Å². The highest BCUT2D eigenvalue weighted by Crippen LogP contribution is 2.26. The van der Waals surface area contributed by atoms with Crippen molar-refractivity contribution in [2.24, 2.45) is 7.05 Å². The van der Waals surface area contributed by atoms with Crippen molar-refractivity contribution < 1.29 is 9.18 Å². The lowest BCUT2D eigenvalue weighted by molar-refractivity contribution is 0.0630. The highest BCUT2D eigenvalue weighted by atomic mass is 35.5. The van der Waals surface area contributed by atoms with Crippen LogP contribution in [-0.4, -0.2) is 56.7 Å². The molecule has 1 aliphatic heterocycles. The fourth-order valence-electron chi connectivity index (χ4n) is 4.22. The van der Waals surface area contributed by atoms with E-state index in [-0.39, 0.29) is 11.7 Å². The molecule has 0 unspecified atom stereocenters. The van der Waals surface area contributed by atoms with Gasteiger partial charge in [-0.15, -0.1) is 0 Å². The average Bonchev–Trinajstić information content (AvgIpc) is 3.26. The van der Waals surface area contributed by atoms with Crippen LogP contribution in [0.4, 0.5) is 4.39 Å². The molecule has 0 bridgehead atoms. The molecule has 1 saturated heterocycles. The van der Waals surface area contributed by atoms with Gasteiger partial charge in [0.05, 0.1) is 23.0 Å². The molecule has 2 aromatic heterocycles. The van der Waals surface area contributed by atoms with E-state index in [4.69, 9.17) is 16.6 Å². The lowest BCUT2D eigenvalue weighted by atomic mass is 10.0. The number of piperazine rings is 1. The van der Waals surface area contributed by atoms with Crippen molar-refractivity contribution in [3.05, 3.63) is 82.9 Å². The Bertz CT molecular complexity index is 1330. The molecular formula is C25H23ClFN5O. The zero-order valence-electron chi connectivity index (χ0n) is 18.2. The van der Waals surface area contributed by atoms with Gasteiger partial charge in [0.2, 0.25) is 0 Å². The van der Waals surface area contributed by atoms with E-state index in [2.05, 4.69) is 10.00 Å². The van der Waals surface area contributed by atoms with Gasteiger partial charge >= 0.3 is 0 Å². The quantitative estimate of drug-likeness (QED) is 0.450. The number of hydrogen-bond acceptors (Lipinski definition) is 4. The lowest BCUT2D eigenvalue weighted by Gasteiger charge is -2.35. The second-order valence-electron chi connectivity index (χ2n) is 8.28. The average molecular weight is 464 g/mol. The number of hydrogen-bond donors (Lipinski definition) is 0. The van der Waals surface area contributed by atoms with Crippen LogP contribution in [0.15, 0.2) is 60.9 Å². The second-order valence-corrected chi connectivity index (χ2v) is 8.69. The van der Waals surface area contributed by atoms with E-state index < -0.39 is 0 Å². The van der Waals surface area contributed by atoms with Gasteiger partial charge < -0.3 is 4.90 Å². The standard InChI is InChI=1S/C25H23ClFN5O/c1-30-15-18(14-28-30)24-13-21(20-4-2-3-5-23(20)29-24)25(33)32-10-8-31(9-11-32)16-17-6-7-19(27)12-22(17)26/h2-7,12-15H,8-11,16H2,1H3. The molecule has 3 heterocycles. The van der Waals surface area contributed by atoms with E-state index in [0.29, 0.717) is 30.2 Å². The van der Waals surface area contributed by atoms with Gasteiger partial charge in [0.15, 0.2) is 0 Å². The van der Waals surface area contributed by atoms with Gasteiger partial charge in [-0.05, 0) is 29.8 Å². The number of para-hydroxylation sites is 1. The highest BCUT2D eigenvalue weighted by Gasteiger charge is 2.25. The fraction of sp³-hybridized carbons (Fsp3) is 0.240. The number of carbonyl (C=O) groups excluding carboxylic acids is 1. The van der Waals surface area contributed by atoms with Crippen molar-refractivity contribution in [3.8, 4) is 11.3 Å². The van der Waals surface area contributed by atoms with Crippen molar-refractivity contribution in [3.63, 3.8) is 0 Å². The molecule has 1 fully saturated rings. The number of nitrogens with zero attached hydrogens (tertiary/aromatic N) is 5. The first-order valence-electron chi connectivity index (χ1n) is 10.8. The molecular weight excluding hydrogens is 441 g/mol. The fourth-order valence-corrected chi connectivity index (χ4v) is 4.45. The third-order valence-corrected chi connectivity index (χ3v) is 6.37. The number of fused-ring (bicyclic) bond motifs is 1. The third kappa shape index (κ3) is 4.47. The van der Waals surface area contributed by atoms with Gasteiger partial charge in [-0.3, -0.25) is 14.4 Å². The van der Waals surface area contributed by atoms with Crippen LogP contribution >= 0.6 is 11.6 Å². The Hall–Kier alpha value is -3.29. The minimum absolute atomic E-state index is 0.00166.